The van der Waals surface area contributed by atoms with Crippen LogP contribution in [-0.4, -0.2) is 26.1 Å². The molecular formula is C12H13N3O2. The zero-order chi connectivity index (χ0) is 12.3. The molecule has 1 aromatic carbocycles. The van der Waals surface area contributed by atoms with Crippen molar-refractivity contribution in [2.45, 2.75) is 6.42 Å². The Kier molecular flexibility index (Phi) is 3.26. The number of likely N-dealkylation sites (N-methyl/N-ethyl adjacent to an activating group) is 1. The summed E-state index contributed by atoms with van der Waals surface area (Å²) >= 11 is 0. The number of amides is 1. The third-order valence-electron chi connectivity index (χ3n) is 2.63. The van der Waals surface area contributed by atoms with Crippen LogP contribution in [0.5, 0.6) is 5.75 Å². The van der Waals surface area contributed by atoms with Crippen LogP contribution in [0.4, 0.5) is 5.69 Å². The quantitative estimate of drug-likeness (QED) is 0.776. The molecule has 1 aliphatic heterocycles. The number of ether oxygens (including phenoxy) is 1. The van der Waals surface area contributed by atoms with Crippen molar-refractivity contribution in [1.82, 2.24) is 5.32 Å². The zero-order valence-corrected chi connectivity index (χ0v) is 9.56. The minimum absolute atomic E-state index is 0.0730. The van der Waals surface area contributed by atoms with E-state index in [2.05, 4.69) is 5.32 Å². The fourth-order valence-electron chi connectivity index (χ4n) is 1.73. The van der Waals surface area contributed by atoms with Crippen LogP contribution in [0.1, 0.15) is 5.56 Å². The van der Waals surface area contributed by atoms with Crippen LogP contribution in [0.3, 0.4) is 0 Å². The van der Waals surface area contributed by atoms with E-state index < -0.39 is 0 Å². The molecule has 5 nitrogen and oxygen atoms in total. The molecule has 0 atom stereocenters. The molecule has 0 aliphatic carbocycles. The number of carbonyl (C=O) groups is 1. The molecular weight excluding hydrogens is 218 g/mol. The normalized spacial score (nSPS) is 13.9. The van der Waals surface area contributed by atoms with Gasteiger partial charge < -0.3 is 10.1 Å². The van der Waals surface area contributed by atoms with Gasteiger partial charge in [0.1, 0.15) is 11.4 Å². The molecule has 0 spiro atoms. The molecule has 1 heterocycles. The molecule has 17 heavy (non-hydrogen) atoms. The molecule has 0 aromatic heterocycles. The topological polar surface area (TPSA) is 65.4 Å². The zero-order valence-electron chi connectivity index (χ0n) is 9.56. The second-order valence-corrected chi connectivity index (χ2v) is 3.77. The van der Waals surface area contributed by atoms with Crippen molar-refractivity contribution in [2.24, 2.45) is 0 Å². The van der Waals surface area contributed by atoms with E-state index in [1.807, 2.05) is 25.4 Å². The number of benzene rings is 1. The lowest BCUT2D eigenvalue weighted by Gasteiger charge is -2.23. The first-order valence-electron chi connectivity index (χ1n) is 5.39. The summed E-state index contributed by atoms with van der Waals surface area (Å²) in [6.45, 7) is 0.774. The van der Waals surface area contributed by atoms with E-state index in [9.17, 15) is 4.79 Å². The molecule has 5 heteroatoms. The highest BCUT2D eigenvalue weighted by molar-refractivity contribution is 6.00. The maximum atomic E-state index is 11.5. The maximum absolute atomic E-state index is 11.5. The highest BCUT2D eigenvalue weighted by atomic mass is 16.5. The van der Waals surface area contributed by atoms with Gasteiger partial charge in [-0.05, 0) is 37.7 Å². The summed E-state index contributed by atoms with van der Waals surface area (Å²) in [5, 5.41) is 12.0. The van der Waals surface area contributed by atoms with Gasteiger partial charge in [0.25, 0.3) is 5.91 Å². The lowest BCUT2D eigenvalue weighted by Crippen LogP contribution is -2.35. The van der Waals surface area contributed by atoms with Gasteiger partial charge in [-0.3, -0.25) is 4.79 Å². The fraction of sp³-hybridized carbons (Fsp3) is 0.333. The Morgan fingerprint density at radius 2 is 2.41 bits per heavy atom. The second kappa shape index (κ2) is 4.85. The molecule has 0 radical (unpaired) electrons. The van der Waals surface area contributed by atoms with Gasteiger partial charge in [-0.15, -0.1) is 0 Å². The number of hydrogen-bond donors (Lipinski definition) is 1. The Morgan fingerprint density at radius 1 is 1.59 bits per heavy atom. The van der Waals surface area contributed by atoms with Crippen LogP contribution in [0, 0.1) is 11.5 Å². The number of hydrogen-bond acceptors (Lipinski definition) is 4. The van der Waals surface area contributed by atoms with E-state index in [1.54, 1.807) is 6.07 Å². The van der Waals surface area contributed by atoms with Crippen molar-refractivity contribution >= 4 is 11.6 Å². The van der Waals surface area contributed by atoms with Crippen LogP contribution in [0.15, 0.2) is 18.2 Å². The molecule has 0 unspecified atom stereocenters. The smallest absolute Gasteiger partial charge is 0.278 e. The van der Waals surface area contributed by atoms with Crippen LogP contribution in [0.25, 0.3) is 0 Å². The van der Waals surface area contributed by atoms with E-state index in [-0.39, 0.29) is 12.5 Å². The monoisotopic (exact) mass is 231 g/mol. The number of nitrogens with one attached hydrogen (secondary N) is 1. The molecule has 0 fully saturated rings. The first-order chi connectivity index (χ1) is 8.26. The molecule has 1 amide bonds. The van der Waals surface area contributed by atoms with Gasteiger partial charge >= 0.3 is 0 Å². The van der Waals surface area contributed by atoms with E-state index in [0.717, 1.165) is 23.4 Å². The van der Waals surface area contributed by atoms with E-state index in [1.165, 1.54) is 0 Å². The minimum atomic E-state index is -0.328. The van der Waals surface area contributed by atoms with Gasteiger partial charge in [0, 0.05) is 0 Å². The van der Waals surface area contributed by atoms with Crippen LogP contribution in [-0.2, 0) is 11.2 Å². The SMILES string of the molecule is CNCCc1ccc2c(c1)N(C#N)C(=O)CO2. The molecule has 2 rings (SSSR count). The van der Waals surface area contributed by atoms with Crippen LogP contribution < -0.4 is 15.0 Å². The number of rotatable bonds is 3. The summed E-state index contributed by atoms with van der Waals surface area (Å²) < 4.78 is 5.27. The molecule has 0 saturated heterocycles. The Morgan fingerprint density at radius 3 is 3.12 bits per heavy atom. The molecule has 1 aliphatic rings. The van der Waals surface area contributed by atoms with Crippen LogP contribution in [0.2, 0.25) is 0 Å². The number of nitriles is 1. The lowest BCUT2D eigenvalue weighted by atomic mass is 10.1. The van der Waals surface area contributed by atoms with Crippen molar-refractivity contribution in [3.63, 3.8) is 0 Å². The first-order valence-corrected chi connectivity index (χ1v) is 5.39. The molecule has 1 N–H and O–H groups in total. The summed E-state index contributed by atoms with van der Waals surface area (Å²) in [6.07, 6.45) is 2.73. The van der Waals surface area contributed by atoms with E-state index >= 15 is 0 Å². The summed E-state index contributed by atoms with van der Waals surface area (Å²) in [6, 6.07) is 5.57. The van der Waals surface area contributed by atoms with Crippen molar-refractivity contribution in [3.8, 4) is 11.9 Å². The van der Waals surface area contributed by atoms with Crippen molar-refractivity contribution in [1.29, 1.82) is 5.26 Å². The summed E-state index contributed by atoms with van der Waals surface area (Å²) in [4.78, 5) is 12.6. The van der Waals surface area contributed by atoms with Gasteiger partial charge in [0.2, 0.25) is 0 Å². The van der Waals surface area contributed by atoms with Gasteiger partial charge in [0.15, 0.2) is 12.8 Å². The largest absolute Gasteiger partial charge is 0.481 e. The maximum Gasteiger partial charge on any atom is 0.278 e. The predicted octanol–water partition coefficient (Wildman–Crippen LogP) is 0.655. The Bertz CT molecular complexity index is 479. The van der Waals surface area contributed by atoms with Gasteiger partial charge in [0.05, 0.1) is 0 Å². The minimum Gasteiger partial charge on any atom is -0.481 e. The van der Waals surface area contributed by atoms with Gasteiger partial charge in [-0.2, -0.15) is 5.26 Å². The average Bonchev–Trinajstić information content (AvgIpc) is 2.36. The van der Waals surface area contributed by atoms with Gasteiger partial charge in [-0.1, -0.05) is 6.07 Å². The third kappa shape index (κ3) is 2.22. The number of nitrogens with zero attached hydrogens (tertiary/aromatic N) is 2. The molecule has 0 saturated carbocycles. The number of carbonyl (C=O) groups excluding carboxylic acids is 1. The van der Waals surface area contributed by atoms with Crippen molar-refractivity contribution in [3.05, 3.63) is 23.8 Å². The van der Waals surface area contributed by atoms with Crippen molar-refractivity contribution in [2.75, 3.05) is 25.1 Å². The number of fused-ring (bicyclic) bond motifs is 1. The fourth-order valence-corrected chi connectivity index (χ4v) is 1.73. The summed E-state index contributed by atoms with van der Waals surface area (Å²) in [7, 11) is 1.88. The lowest BCUT2D eigenvalue weighted by molar-refractivity contribution is -0.120. The Balaban J connectivity index is 2.32. The summed E-state index contributed by atoms with van der Waals surface area (Å²) in [5.74, 6) is 0.255. The van der Waals surface area contributed by atoms with Crippen LogP contribution >= 0.6 is 0 Å². The van der Waals surface area contributed by atoms with E-state index in [4.69, 9.17) is 10.00 Å². The second-order valence-electron chi connectivity index (χ2n) is 3.77. The molecule has 0 bridgehead atoms. The Labute approximate surface area is 99.6 Å². The average molecular weight is 231 g/mol. The van der Waals surface area contributed by atoms with Crippen molar-refractivity contribution < 1.29 is 9.53 Å². The first kappa shape index (κ1) is 11.4. The highest BCUT2D eigenvalue weighted by Gasteiger charge is 2.25. The highest BCUT2D eigenvalue weighted by Crippen LogP contribution is 2.32. The number of anilines is 1. The molecule has 1 aromatic rings. The standard InChI is InChI=1S/C12H13N3O2/c1-14-5-4-9-2-3-11-10(6-9)15(8-13)12(16)7-17-11/h2-3,6,14H,4-5,7H2,1H3. The molecule has 88 valence electrons. The summed E-state index contributed by atoms with van der Waals surface area (Å²) in [5.41, 5.74) is 1.61. The Hall–Kier alpha value is -2.06. The predicted molar refractivity (Wildman–Crippen MR) is 62.7 cm³/mol. The third-order valence-corrected chi connectivity index (χ3v) is 2.63. The van der Waals surface area contributed by atoms with Gasteiger partial charge in [-0.25, -0.2) is 4.90 Å². The van der Waals surface area contributed by atoms with E-state index in [0.29, 0.717) is 11.4 Å².